The van der Waals surface area contributed by atoms with Gasteiger partial charge in [-0.15, -0.1) is 0 Å². The second kappa shape index (κ2) is 9.01. The number of amides is 3. The Bertz CT molecular complexity index is 883. The molecule has 6 nitrogen and oxygen atoms in total. The number of hydrogen-bond donors (Lipinski definition) is 2. The third-order valence-electron chi connectivity index (χ3n) is 4.65. The average molecular weight is 444 g/mol. The molecule has 0 spiro atoms. The number of anilines is 1. The first-order valence-corrected chi connectivity index (χ1v) is 9.87. The lowest BCUT2D eigenvalue weighted by molar-refractivity contribution is -0.129. The minimum absolute atomic E-state index is 0.0432. The molecule has 2 aromatic carbocycles. The molecule has 1 fully saturated rings. The highest BCUT2D eigenvalue weighted by Crippen LogP contribution is 2.22. The number of carbonyl (C=O) groups excluding carboxylic acids is 3. The Morgan fingerprint density at radius 1 is 1.14 bits per heavy atom. The summed E-state index contributed by atoms with van der Waals surface area (Å²) in [7, 11) is 0. The molecule has 3 rings (SSSR count). The largest absolute Gasteiger partial charge is 0.347 e. The van der Waals surface area contributed by atoms with Gasteiger partial charge in [0.1, 0.15) is 0 Å². The van der Waals surface area contributed by atoms with E-state index in [1.165, 1.54) is 0 Å². The lowest BCUT2D eigenvalue weighted by Gasteiger charge is -2.17. The Morgan fingerprint density at radius 2 is 1.86 bits per heavy atom. The molecule has 2 aromatic rings. The summed E-state index contributed by atoms with van der Waals surface area (Å²) in [6, 6.07) is 15.2. The molecule has 0 aliphatic carbocycles. The highest BCUT2D eigenvalue weighted by Gasteiger charge is 2.34. The van der Waals surface area contributed by atoms with Crippen LogP contribution in [0, 0.1) is 12.8 Å². The summed E-state index contributed by atoms with van der Waals surface area (Å²) in [6.07, 6.45) is 0.170. The van der Waals surface area contributed by atoms with E-state index in [1.54, 1.807) is 11.0 Å². The highest BCUT2D eigenvalue weighted by molar-refractivity contribution is 9.10. The fraction of sp³-hybridized carbons (Fsp3) is 0.286. The Hall–Kier alpha value is -2.67. The number of likely N-dealkylation sites (tertiary alicyclic amines) is 1. The van der Waals surface area contributed by atoms with Gasteiger partial charge in [0.25, 0.3) is 0 Å². The number of benzene rings is 2. The maximum atomic E-state index is 12.4. The zero-order valence-corrected chi connectivity index (χ0v) is 17.2. The zero-order valence-electron chi connectivity index (χ0n) is 15.6. The normalized spacial score (nSPS) is 16.1. The molecule has 1 aliphatic rings. The van der Waals surface area contributed by atoms with Gasteiger partial charge in [-0.25, -0.2) is 0 Å². The van der Waals surface area contributed by atoms with Crippen LogP contribution in [0.25, 0.3) is 0 Å². The Kier molecular flexibility index (Phi) is 6.46. The molecular weight excluding hydrogens is 422 g/mol. The van der Waals surface area contributed by atoms with E-state index in [4.69, 9.17) is 0 Å². The van der Waals surface area contributed by atoms with Crippen molar-refractivity contribution >= 4 is 39.3 Å². The van der Waals surface area contributed by atoms with E-state index in [0.29, 0.717) is 18.8 Å². The number of nitrogens with zero attached hydrogens (tertiary/aromatic N) is 1. The van der Waals surface area contributed by atoms with Crippen molar-refractivity contribution < 1.29 is 14.4 Å². The second-order valence-electron chi connectivity index (χ2n) is 6.91. The van der Waals surface area contributed by atoms with Crippen LogP contribution >= 0.6 is 15.9 Å². The van der Waals surface area contributed by atoms with Crippen molar-refractivity contribution in [3.05, 3.63) is 64.1 Å². The molecule has 0 saturated carbocycles. The Balaban J connectivity index is 1.48. The minimum atomic E-state index is -0.436. The summed E-state index contributed by atoms with van der Waals surface area (Å²) in [5.74, 6) is -1.07. The van der Waals surface area contributed by atoms with Gasteiger partial charge < -0.3 is 15.5 Å². The molecule has 7 heteroatoms. The molecular formula is C21H22BrN3O3. The zero-order chi connectivity index (χ0) is 20.1. The van der Waals surface area contributed by atoms with Gasteiger partial charge in [0.05, 0.1) is 18.2 Å². The van der Waals surface area contributed by atoms with Gasteiger partial charge in [-0.1, -0.05) is 42.0 Å². The van der Waals surface area contributed by atoms with Crippen LogP contribution in [-0.2, 0) is 20.9 Å². The number of para-hydroxylation sites is 1. The summed E-state index contributed by atoms with van der Waals surface area (Å²) in [4.78, 5) is 38.4. The quantitative estimate of drug-likeness (QED) is 0.720. The number of hydrogen-bond acceptors (Lipinski definition) is 3. The van der Waals surface area contributed by atoms with E-state index in [2.05, 4.69) is 26.6 Å². The summed E-state index contributed by atoms with van der Waals surface area (Å²) < 4.78 is 0.766. The number of rotatable bonds is 6. The second-order valence-corrected chi connectivity index (χ2v) is 7.76. The van der Waals surface area contributed by atoms with E-state index in [9.17, 15) is 14.4 Å². The summed E-state index contributed by atoms with van der Waals surface area (Å²) in [5, 5.41) is 5.36. The lowest BCUT2D eigenvalue weighted by Crippen LogP contribution is -2.37. The maximum absolute atomic E-state index is 12.4. The molecule has 1 heterocycles. The number of halogens is 1. The van der Waals surface area contributed by atoms with Gasteiger partial charge >= 0.3 is 0 Å². The van der Waals surface area contributed by atoms with Crippen molar-refractivity contribution in [1.29, 1.82) is 0 Å². The van der Waals surface area contributed by atoms with Crippen LogP contribution in [0.5, 0.6) is 0 Å². The van der Waals surface area contributed by atoms with E-state index in [1.807, 2.05) is 49.4 Å². The van der Waals surface area contributed by atoms with E-state index in [0.717, 1.165) is 15.6 Å². The monoisotopic (exact) mass is 443 g/mol. The van der Waals surface area contributed by atoms with Crippen molar-refractivity contribution in [3.63, 3.8) is 0 Å². The van der Waals surface area contributed by atoms with Gasteiger partial charge in [0.2, 0.25) is 17.7 Å². The first-order chi connectivity index (χ1) is 13.4. The predicted octanol–water partition coefficient (Wildman–Crippen LogP) is 2.86. The van der Waals surface area contributed by atoms with Crippen LogP contribution in [0.3, 0.4) is 0 Å². The summed E-state index contributed by atoms with van der Waals surface area (Å²) >= 11 is 3.36. The van der Waals surface area contributed by atoms with Crippen molar-refractivity contribution in [3.8, 4) is 0 Å². The SMILES string of the molecule is Cc1ccc(CN2CC(C(=O)NCC(=O)Nc3ccccc3Br)CC2=O)cc1. The van der Waals surface area contributed by atoms with E-state index >= 15 is 0 Å². The minimum Gasteiger partial charge on any atom is -0.347 e. The molecule has 3 amide bonds. The lowest BCUT2D eigenvalue weighted by atomic mass is 10.1. The number of nitrogens with one attached hydrogen (secondary N) is 2. The van der Waals surface area contributed by atoms with Crippen LogP contribution in [0.2, 0.25) is 0 Å². The molecule has 146 valence electrons. The van der Waals surface area contributed by atoms with Crippen LogP contribution in [-0.4, -0.2) is 35.7 Å². The van der Waals surface area contributed by atoms with Crippen LogP contribution in [0.1, 0.15) is 17.5 Å². The van der Waals surface area contributed by atoms with Crippen molar-refractivity contribution in [2.24, 2.45) is 5.92 Å². The van der Waals surface area contributed by atoms with Crippen molar-refractivity contribution in [1.82, 2.24) is 10.2 Å². The fourth-order valence-electron chi connectivity index (χ4n) is 3.08. The molecule has 28 heavy (non-hydrogen) atoms. The molecule has 1 unspecified atom stereocenters. The summed E-state index contributed by atoms with van der Waals surface area (Å²) in [6.45, 7) is 2.73. The van der Waals surface area contributed by atoms with E-state index < -0.39 is 5.92 Å². The highest BCUT2D eigenvalue weighted by atomic mass is 79.9. The smallest absolute Gasteiger partial charge is 0.243 e. The molecule has 0 bridgehead atoms. The fourth-order valence-corrected chi connectivity index (χ4v) is 3.47. The molecule has 1 saturated heterocycles. The number of carbonyl (C=O) groups is 3. The van der Waals surface area contributed by atoms with Gasteiger partial charge in [0.15, 0.2) is 0 Å². The number of aryl methyl sites for hydroxylation is 1. The third-order valence-corrected chi connectivity index (χ3v) is 5.34. The van der Waals surface area contributed by atoms with E-state index in [-0.39, 0.29) is 30.7 Å². The van der Waals surface area contributed by atoms with Crippen LogP contribution in [0.4, 0.5) is 5.69 Å². The molecule has 0 radical (unpaired) electrons. The Morgan fingerprint density at radius 3 is 2.57 bits per heavy atom. The van der Waals surface area contributed by atoms with Crippen molar-refractivity contribution in [2.45, 2.75) is 19.9 Å². The van der Waals surface area contributed by atoms with Gasteiger partial charge in [-0.3, -0.25) is 14.4 Å². The third kappa shape index (κ3) is 5.19. The molecule has 2 N–H and O–H groups in total. The average Bonchev–Trinajstić information content (AvgIpc) is 3.04. The molecule has 1 aliphatic heterocycles. The van der Waals surface area contributed by atoms with Crippen molar-refractivity contribution in [2.75, 3.05) is 18.4 Å². The van der Waals surface area contributed by atoms with Crippen LogP contribution in [0.15, 0.2) is 53.0 Å². The van der Waals surface area contributed by atoms with Gasteiger partial charge in [-0.2, -0.15) is 0 Å². The molecule has 0 aromatic heterocycles. The molecule has 1 atom stereocenters. The Labute approximate surface area is 172 Å². The topological polar surface area (TPSA) is 78.5 Å². The van der Waals surface area contributed by atoms with Gasteiger partial charge in [-0.05, 0) is 40.5 Å². The summed E-state index contributed by atoms with van der Waals surface area (Å²) in [5.41, 5.74) is 2.84. The predicted molar refractivity (Wildman–Crippen MR) is 110 cm³/mol. The first-order valence-electron chi connectivity index (χ1n) is 9.08. The standard InChI is InChI=1S/C21H22BrN3O3/c1-14-6-8-15(9-7-14)12-25-13-16(10-20(25)27)21(28)23-11-19(26)24-18-5-3-2-4-17(18)22/h2-9,16H,10-13H2,1H3,(H,23,28)(H,24,26). The van der Waals surface area contributed by atoms with Gasteiger partial charge in [0, 0.05) is 24.0 Å². The van der Waals surface area contributed by atoms with Crippen LogP contribution < -0.4 is 10.6 Å². The first kappa shape index (κ1) is 20.1. The maximum Gasteiger partial charge on any atom is 0.243 e.